The maximum absolute atomic E-state index is 12.9. The number of pyridine rings is 1. The van der Waals surface area contributed by atoms with Crippen LogP contribution in [0.2, 0.25) is 0 Å². The summed E-state index contributed by atoms with van der Waals surface area (Å²) in [6, 6.07) is 7.93. The summed E-state index contributed by atoms with van der Waals surface area (Å²) in [5.41, 5.74) is 2.19. The lowest BCUT2D eigenvalue weighted by Gasteiger charge is -2.15. The molecule has 0 saturated heterocycles. The molecule has 1 aliphatic rings. The zero-order valence-electron chi connectivity index (χ0n) is 17.9. The predicted octanol–water partition coefficient (Wildman–Crippen LogP) is 5.91. The quantitative estimate of drug-likeness (QED) is 0.349. The molecule has 3 aromatic rings. The van der Waals surface area contributed by atoms with Crippen molar-refractivity contribution < 1.29 is 22.7 Å². The van der Waals surface area contributed by atoms with Crippen LogP contribution < -0.4 is 5.63 Å². The lowest BCUT2D eigenvalue weighted by Crippen LogP contribution is -2.15. The predicted molar refractivity (Wildman–Crippen MR) is 119 cm³/mol. The summed E-state index contributed by atoms with van der Waals surface area (Å²) in [5, 5.41) is 9.01. The van der Waals surface area contributed by atoms with E-state index in [0.29, 0.717) is 16.5 Å². The molecular weight excluding hydrogens is 439 g/mol. The lowest BCUT2D eigenvalue weighted by atomic mass is 9.93. The van der Waals surface area contributed by atoms with Gasteiger partial charge in [-0.25, -0.2) is 9.78 Å². The van der Waals surface area contributed by atoms with Crippen LogP contribution >= 0.6 is 11.8 Å². The number of thioether (sulfide) groups is 1. The molecule has 2 heterocycles. The molecular formula is C24H23F3NO3S+. The highest BCUT2D eigenvalue weighted by Crippen LogP contribution is 2.52. The van der Waals surface area contributed by atoms with Gasteiger partial charge < -0.3 is 9.52 Å². The van der Waals surface area contributed by atoms with E-state index in [1.54, 1.807) is 6.07 Å². The number of rotatable bonds is 5. The Morgan fingerprint density at radius 1 is 1.09 bits per heavy atom. The van der Waals surface area contributed by atoms with Gasteiger partial charge in [0.25, 0.3) is 5.75 Å². The minimum Gasteiger partial charge on any atom is -0.593 e. The molecule has 2 N–H and O–H groups in total. The van der Waals surface area contributed by atoms with Gasteiger partial charge in [0, 0.05) is 22.9 Å². The Balaban J connectivity index is 1.59. The van der Waals surface area contributed by atoms with Crippen molar-refractivity contribution in [3.8, 4) is 16.9 Å². The summed E-state index contributed by atoms with van der Waals surface area (Å²) in [7, 11) is 0. The first-order valence-electron chi connectivity index (χ1n) is 10.1. The van der Waals surface area contributed by atoms with E-state index in [4.69, 9.17) is 9.52 Å². The number of aromatic nitrogens is 1. The molecule has 0 atom stereocenters. The lowest BCUT2D eigenvalue weighted by molar-refractivity contribution is -0.137. The van der Waals surface area contributed by atoms with Gasteiger partial charge in [-0.3, -0.25) is 0 Å². The first kappa shape index (κ1) is 22.5. The van der Waals surface area contributed by atoms with Crippen molar-refractivity contribution in [2.45, 2.75) is 50.2 Å². The summed E-state index contributed by atoms with van der Waals surface area (Å²) in [5.74, 6) is 1.09. The van der Waals surface area contributed by atoms with E-state index >= 15 is 0 Å². The van der Waals surface area contributed by atoms with E-state index in [9.17, 15) is 18.0 Å². The summed E-state index contributed by atoms with van der Waals surface area (Å²) in [6.07, 6.45) is -2.03. The molecule has 168 valence electrons. The molecule has 32 heavy (non-hydrogen) atoms. The number of hydrogen-bond donors (Lipinski definition) is 0. The SMILES string of the molecule is Cc1cc(C)c(-c2c([OH2+])cc(C3(CSc4ccc(C(F)(F)F)cn4)CC3)oc2=O)c(C)c1. The third kappa shape index (κ3) is 4.28. The highest BCUT2D eigenvalue weighted by molar-refractivity contribution is 7.99. The molecule has 0 spiro atoms. The largest absolute Gasteiger partial charge is 0.593 e. The fourth-order valence-electron chi connectivity index (χ4n) is 4.02. The van der Waals surface area contributed by atoms with Gasteiger partial charge in [-0.05, 0) is 56.9 Å². The topological polar surface area (TPSA) is 66.0 Å². The van der Waals surface area contributed by atoms with E-state index in [2.05, 4.69) is 4.98 Å². The average molecular weight is 463 g/mol. The molecule has 0 radical (unpaired) electrons. The number of halogens is 3. The average Bonchev–Trinajstić information content (AvgIpc) is 3.48. The molecule has 8 heteroatoms. The van der Waals surface area contributed by atoms with E-state index in [0.717, 1.165) is 47.4 Å². The summed E-state index contributed by atoms with van der Waals surface area (Å²) in [4.78, 5) is 16.8. The first-order valence-corrected chi connectivity index (χ1v) is 11.1. The van der Waals surface area contributed by atoms with Crippen LogP contribution in [-0.2, 0) is 11.6 Å². The standard InChI is InChI=1S/C24H22F3NO3S/c1-13-8-14(2)20(15(3)9-13)21-17(29)10-18(31-22(21)30)23(6-7-23)12-32-19-5-4-16(11-28-19)24(25,26)27/h4-5,8-11,29H,6-7,12H2,1-3H3/p+1. The fraction of sp³-hybridized carbons (Fsp3) is 0.333. The highest BCUT2D eigenvalue weighted by atomic mass is 32.2. The molecule has 1 aromatic carbocycles. The number of nitrogens with zero attached hydrogens (tertiary/aromatic N) is 1. The van der Waals surface area contributed by atoms with E-state index in [1.807, 2.05) is 32.9 Å². The number of alkyl halides is 3. The van der Waals surface area contributed by atoms with Crippen molar-refractivity contribution in [1.29, 1.82) is 0 Å². The van der Waals surface area contributed by atoms with Crippen molar-refractivity contribution in [3.05, 3.63) is 75.0 Å². The first-order chi connectivity index (χ1) is 15.0. The van der Waals surface area contributed by atoms with E-state index in [1.165, 1.54) is 17.8 Å². The van der Waals surface area contributed by atoms with Gasteiger partial charge in [0.1, 0.15) is 5.76 Å². The zero-order valence-corrected chi connectivity index (χ0v) is 18.7. The third-order valence-corrected chi connectivity index (χ3v) is 7.05. The van der Waals surface area contributed by atoms with Gasteiger partial charge in [0.05, 0.1) is 16.7 Å². The maximum Gasteiger partial charge on any atom is 0.417 e. The molecule has 1 aliphatic carbocycles. The Morgan fingerprint density at radius 3 is 2.25 bits per heavy atom. The van der Waals surface area contributed by atoms with Crippen LogP contribution in [0.3, 0.4) is 0 Å². The van der Waals surface area contributed by atoms with Crippen molar-refractivity contribution in [3.63, 3.8) is 0 Å². The Kier molecular flexibility index (Phi) is 5.61. The van der Waals surface area contributed by atoms with Crippen molar-refractivity contribution in [2.24, 2.45) is 0 Å². The van der Waals surface area contributed by atoms with E-state index in [-0.39, 0.29) is 11.3 Å². The fourth-order valence-corrected chi connectivity index (χ4v) is 5.17. The molecule has 0 aliphatic heterocycles. The zero-order chi connectivity index (χ0) is 23.3. The minimum atomic E-state index is -4.42. The van der Waals surface area contributed by atoms with Crippen molar-refractivity contribution in [1.82, 2.24) is 4.98 Å². The Labute approximate surface area is 187 Å². The van der Waals surface area contributed by atoms with Crippen LogP contribution in [0.25, 0.3) is 11.1 Å². The molecule has 1 saturated carbocycles. The highest BCUT2D eigenvalue weighted by Gasteiger charge is 2.48. The summed E-state index contributed by atoms with van der Waals surface area (Å²) < 4.78 is 43.9. The minimum absolute atomic E-state index is 0.121. The second-order valence-electron chi connectivity index (χ2n) is 8.41. The van der Waals surface area contributed by atoms with Gasteiger partial charge in [0.2, 0.25) is 0 Å². The smallest absolute Gasteiger partial charge is 0.417 e. The van der Waals surface area contributed by atoms with Crippen LogP contribution in [0.4, 0.5) is 13.2 Å². The van der Waals surface area contributed by atoms with Crippen LogP contribution in [0.15, 0.2) is 50.8 Å². The molecule has 0 unspecified atom stereocenters. The van der Waals surface area contributed by atoms with Gasteiger partial charge >= 0.3 is 11.8 Å². The molecule has 0 bridgehead atoms. The van der Waals surface area contributed by atoms with Gasteiger partial charge in [-0.2, -0.15) is 13.2 Å². The Hall–Kier alpha value is -2.74. The molecule has 4 rings (SSSR count). The second-order valence-corrected chi connectivity index (χ2v) is 9.41. The number of benzene rings is 1. The van der Waals surface area contributed by atoms with Crippen LogP contribution in [0, 0.1) is 20.8 Å². The summed E-state index contributed by atoms with van der Waals surface area (Å²) >= 11 is 1.32. The summed E-state index contributed by atoms with van der Waals surface area (Å²) in [6.45, 7) is 5.81. The third-order valence-electron chi connectivity index (χ3n) is 5.81. The van der Waals surface area contributed by atoms with Crippen LogP contribution in [0.5, 0.6) is 5.75 Å². The molecule has 1 fully saturated rings. The van der Waals surface area contributed by atoms with Crippen LogP contribution in [-0.4, -0.2) is 15.8 Å². The number of hydrogen-bond acceptors (Lipinski definition) is 4. The Morgan fingerprint density at radius 2 is 1.75 bits per heavy atom. The van der Waals surface area contributed by atoms with E-state index < -0.39 is 22.8 Å². The normalized spacial score (nSPS) is 15.1. The maximum atomic E-state index is 12.9. The van der Waals surface area contributed by atoms with Gasteiger partial charge in [-0.15, -0.1) is 11.8 Å². The number of aryl methyl sites for hydroxylation is 3. The van der Waals surface area contributed by atoms with Gasteiger partial charge in [-0.1, -0.05) is 17.7 Å². The molecule has 0 amide bonds. The monoisotopic (exact) mass is 462 g/mol. The molecule has 4 nitrogen and oxygen atoms in total. The van der Waals surface area contributed by atoms with Crippen molar-refractivity contribution >= 4 is 11.8 Å². The van der Waals surface area contributed by atoms with Gasteiger partial charge in [0.15, 0.2) is 5.56 Å². The van der Waals surface area contributed by atoms with Crippen LogP contribution in [0.1, 0.15) is 40.9 Å². The Bertz CT molecular complexity index is 1210. The second kappa shape index (κ2) is 7.99. The van der Waals surface area contributed by atoms with Crippen molar-refractivity contribution in [2.75, 3.05) is 5.75 Å². The molecule has 2 aromatic heterocycles.